The minimum absolute atomic E-state index is 0.309. The first-order valence-electron chi connectivity index (χ1n) is 7.97. The third-order valence-electron chi connectivity index (χ3n) is 3.82. The highest BCUT2D eigenvalue weighted by Crippen LogP contribution is 2.26. The van der Waals surface area contributed by atoms with Crippen molar-refractivity contribution in [1.82, 2.24) is 9.78 Å². The molecule has 0 atom stereocenters. The number of hydrogen-bond donors (Lipinski definition) is 1. The maximum absolute atomic E-state index is 13.1. The molecule has 26 heavy (non-hydrogen) atoms. The van der Waals surface area contributed by atoms with Gasteiger partial charge in [0.2, 0.25) is 0 Å². The molecule has 0 aliphatic carbocycles. The van der Waals surface area contributed by atoms with E-state index >= 15 is 0 Å². The third-order valence-corrected chi connectivity index (χ3v) is 4.71. The van der Waals surface area contributed by atoms with E-state index in [1.165, 1.54) is 24.3 Å². The molecule has 4 nitrogen and oxygen atoms in total. The number of anilines is 1. The van der Waals surface area contributed by atoms with Gasteiger partial charge in [0.15, 0.2) is 0 Å². The van der Waals surface area contributed by atoms with Crippen molar-refractivity contribution < 1.29 is 9.18 Å². The minimum atomic E-state index is -0.350. The summed E-state index contributed by atoms with van der Waals surface area (Å²) >= 11 is 1.56. The molecular weight excluding hydrogens is 349 g/mol. The van der Waals surface area contributed by atoms with Crippen LogP contribution in [0.3, 0.4) is 0 Å². The lowest BCUT2D eigenvalue weighted by atomic mass is 10.2. The fraction of sp³-hybridized carbons (Fsp3) is 0. The average Bonchev–Trinajstić information content (AvgIpc) is 3.34. The summed E-state index contributed by atoms with van der Waals surface area (Å²) in [5, 5.41) is 9.36. The third kappa shape index (κ3) is 3.27. The molecule has 0 saturated heterocycles. The second kappa shape index (κ2) is 6.93. The fourth-order valence-electron chi connectivity index (χ4n) is 2.58. The molecule has 2 heterocycles. The number of carbonyl (C=O) groups is 1. The fourth-order valence-corrected chi connectivity index (χ4v) is 3.26. The number of nitrogens with zero attached hydrogens (tertiary/aromatic N) is 2. The van der Waals surface area contributed by atoms with E-state index in [-0.39, 0.29) is 11.7 Å². The Labute approximate surface area is 153 Å². The number of benzene rings is 2. The van der Waals surface area contributed by atoms with Crippen LogP contribution in [0.2, 0.25) is 0 Å². The maximum atomic E-state index is 13.1. The zero-order valence-electron chi connectivity index (χ0n) is 13.6. The predicted octanol–water partition coefficient (Wildman–Crippen LogP) is 4.99. The van der Waals surface area contributed by atoms with Gasteiger partial charge in [0.05, 0.1) is 10.6 Å². The van der Waals surface area contributed by atoms with E-state index in [4.69, 9.17) is 0 Å². The highest BCUT2D eigenvalue weighted by molar-refractivity contribution is 7.13. The quantitative estimate of drug-likeness (QED) is 0.555. The van der Waals surface area contributed by atoms with Crippen molar-refractivity contribution in [3.05, 3.63) is 89.7 Å². The van der Waals surface area contributed by atoms with Crippen molar-refractivity contribution in [2.75, 3.05) is 5.32 Å². The second-order valence-electron chi connectivity index (χ2n) is 5.60. The molecule has 2 aromatic heterocycles. The first-order valence-corrected chi connectivity index (χ1v) is 8.85. The van der Waals surface area contributed by atoms with Crippen LogP contribution in [0.5, 0.6) is 0 Å². The largest absolute Gasteiger partial charge is 0.321 e. The van der Waals surface area contributed by atoms with E-state index < -0.39 is 0 Å². The zero-order valence-corrected chi connectivity index (χ0v) is 14.4. The number of amides is 1. The molecule has 0 fully saturated rings. The number of rotatable bonds is 4. The van der Waals surface area contributed by atoms with Crippen LogP contribution in [0.1, 0.15) is 10.5 Å². The Morgan fingerprint density at radius 3 is 2.46 bits per heavy atom. The van der Waals surface area contributed by atoms with Crippen LogP contribution in [-0.4, -0.2) is 15.7 Å². The van der Waals surface area contributed by atoms with Crippen LogP contribution in [0.15, 0.2) is 78.2 Å². The number of aromatic nitrogens is 2. The van der Waals surface area contributed by atoms with Crippen molar-refractivity contribution >= 4 is 22.9 Å². The number of para-hydroxylation sites is 1. The van der Waals surface area contributed by atoms with Crippen molar-refractivity contribution in [3.63, 3.8) is 0 Å². The molecule has 128 valence electrons. The summed E-state index contributed by atoms with van der Waals surface area (Å²) < 4.78 is 14.7. The first-order chi connectivity index (χ1) is 12.7. The molecule has 0 unspecified atom stereocenters. The molecule has 6 heteroatoms. The van der Waals surface area contributed by atoms with Crippen LogP contribution in [-0.2, 0) is 0 Å². The lowest BCUT2D eigenvalue weighted by Crippen LogP contribution is -2.16. The van der Waals surface area contributed by atoms with E-state index in [0.717, 1.165) is 16.3 Å². The highest BCUT2D eigenvalue weighted by atomic mass is 32.1. The highest BCUT2D eigenvalue weighted by Gasteiger charge is 2.18. The molecule has 0 saturated carbocycles. The van der Waals surface area contributed by atoms with Gasteiger partial charge in [-0.05, 0) is 53.9 Å². The zero-order chi connectivity index (χ0) is 17.9. The molecule has 2 aromatic carbocycles. The molecule has 0 bridgehead atoms. The molecule has 1 N–H and O–H groups in total. The van der Waals surface area contributed by atoms with Crippen molar-refractivity contribution in [3.8, 4) is 16.3 Å². The monoisotopic (exact) mass is 363 g/mol. The predicted molar refractivity (Wildman–Crippen MR) is 101 cm³/mol. The molecule has 4 rings (SSSR count). The van der Waals surface area contributed by atoms with Gasteiger partial charge in [0.25, 0.3) is 5.91 Å². The van der Waals surface area contributed by atoms with Crippen LogP contribution in [0.4, 0.5) is 10.1 Å². The topological polar surface area (TPSA) is 46.9 Å². The summed E-state index contributed by atoms with van der Waals surface area (Å²) in [5.74, 6) is -0.659. The van der Waals surface area contributed by atoms with Gasteiger partial charge in [-0.1, -0.05) is 24.3 Å². The van der Waals surface area contributed by atoms with Gasteiger partial charge in [0.1, 0.15) is 17.2 Å². The van der Waals surface area contributed by atoms with Crippen LogP contribution < -0.4 is 5.32 Å². The molecule has 0 radical (unpaired) electrons. The van der Waals surface area contributed by atoms with E-state index in [1.807, 2.05) is 47.8 Å². The van der Waals surface area contributed by atoms with Gasteiger partial charge in [-0.25, -0.2) is 9.07 Å². The van der Waals surface area contributed by atoms with Crippen molar-refractivity contribution in [2.45, 2.75) is 0 Å². The van der Waals surface area contributed by atoms with Crippen LogP contribution >= 0.6 is 11.3 Å². The number of hydrogen-bond acceptors (Lipinski definition) is 3. The maximum Gasteiger partial charge on any atom is 0.274 e. The molecule has 0 aliphatic rings. The molecule has 4 aromatic rings. The Bertz CT molecular complexity index is 1020. The number of halogens is 1. The Morgan fingerprint density at radius 2 is 1.77 bits per heavy atom. The summed E-state index contributed by atoms with van der Waals surface area (Å²) in [6.07, 6.45) is 0. The SMILES string of the molecule is O=C(Nc1ccc(F)cc1)c1cc(-c2cccs2)nn1-c1ccccc1. The van der Waals surface area contributed by atoms with E-state index in [2.05, 4.69) is 10.4 Å². The van der Waals surface area contributed by atoms with Gasteiger partial charge in [-0.2, -0.15) is 5.10 Å². The normalized spacial score (nSPS) is 10.7. The molecular formula is C20H14FN3OS. The van der Waals surface area contributed by atoms with Crippen molar-refractivity contribution in [2.24, 2.45) is 0 Å². The smallest absolute Gasteiger partial charge is 0.274 e. The Kier molecular flexibility index (Phi) is 4.33. The molecule has 0 aliphatic heterocycles. The van der Waals surface area contributed by atoms with E-state index in [0.29, 0.717) is 11.4 Å². The summed E-state index contributed by atoms with van der Waals surface area (Å²) in [7, 11) is 0. The molecule has 0 spiro atoms. The van der Waals surface area contributed by atoms with Gasteiger partial charge in [0, 0.05) is 5.69 Å². The van der Waals surface area contributed by atoms with Gasteiger partial charge < -0.3 is 5.32 Å². The Morgan fingerprint density at radius 1 is 1.00 bits per heavy atom. The van der Waals surface area contributed by atoms with Gasteiger partial charge >= 0.3 is 0 Å². The average molecular weight is 363 g/mol. The van der Waals surface area contributed by atoms with Crippen LogP contribution in [0, 0.1) is 5.82 Å². The number of nitrogens with one attached hydrogen (secondary N) is 1. The second-order valence-corrected chi connectivity index (χ2v) is 6.55. The summed E-state index contributed by atoms with van der Waals surface area (Å²) in [6, 6.07) is 20.8. The Hall–Kier alpha value is -3.25. The summed E-state index contributed by atoms with van der Waals surface area (Å²) in [4.78, 5) is 13.8. The first kappa shape index (κ1) is 16.2. The Balaban J connectivity index is 1.73. The van der Waals surface area contributed by atoms with Gasteiger partial charge in [-0.15, -0.1) is 11.3 Å². The molecule has 1 amide bonds. The van der Waals surface area contributed by atoms with Crippen molar-refractivity contribution in [1.29, 1.82) is 0 Å². The number of thiophene rings is 1. The van der Waals surface area contributed by atoms with Crippen LogP contribution in [0.25, 0.3) is 16.3 Å². The summed E-state index contributed by atoms with van der Waals surface area (Å²) in [5.41, 5.74) is 2.45. The standard InChI is InChI=1S/C20H14FN3OS/c21-14-8-10-15(11-9-14)22-20(25)18-13-17(19-7-4-12-26-19)23-24(18)16-5-2-1-3-6-16/h1-13H,(H,22,25). The summed E-state index contributed by atoms with van der Waals surface area (Å²) in [6.45, 7) is 0. The van der Waals surface area contributed by atoms with E-state index in [9.17, 15) is 9.18 Å². The lowest BCUT2D eigenvalue weighted by molar-refractivity contribution is 0.101. The minimum Gasteiger partial charge on any atom is -0.321 e. The number of carbonyl (C=O) groups excluding carboxylic acids is 1. The van der Waals surface area contributed by atoms with E-state index in [1.54, 1.807) is 22.1 Å². The lowest BCUT2D eigenvalue weighted by Gasteiger charge is -2.08. The van der Waals surface area contributed by atoms with Gasteiger partial charge in [-0.3, -0.25) is 4.79 Å².